The van der Waals surface area contributed by atoms with Crippen LogP contribution in [-0.4, -0.2) is 36.5 Å². The lowest BCUT2D eigenvalue weighted by molar-refractivity contribution is -0.119. The van der Waals surface area contributed by atoms with E-state index in [-0.39, 0.29) is 12.5 Å². The Morgan fingerprint density at radius 1 is 1.50 bits per heavy atom. The maximum atomic E-state index is 11.4. The summed E-state index contributed by atoms with van der Waals surface area (Å²) < 4.78 is 0.883. The number of likely N-dealkylation sites (N-methyl/N-ethyl adjacent to an activating group) is 2. The van der Waals surface area contributed by atoms with Crippen molar-refractivity contribution in [1.29, 1.82) is 0 Å². The molecule has 0 aliphatic carbocycles. The lowest BCUT2D eigenvalue weighted by Crippen LogP contribution is -2.33. The molecule has 1 amide bonds. The number of carbonyl (C=O) groups is 1. The molecule has 6 heteroatoms. The SMILES string of the molecule is CNC(=O)CN(C)c1ccnc2cc(Br)cnc12. The van der Waals surface area contributed by atoms with Crippen LogP contribution in [0.3, 0.4) is 0 Å². The van der Waals surface area contributed by atoms with Crippen molar-refractivity contribution in [1.82, 2.24) is 15.3 Å². The van der Waals surface area contributed by atoms with E-state index in [1.807, 2.05) is 24.1 Å². The van der Waals surface area contributed by atoms with Crippen LogP contribution in [0.25, 0.3) is 11.0 Å². The molecule has 0 aromatic carbocycles. The van der Waals surface area contributed by atoms with E-state index in [9.17, 15) is 4.79 Å². The number of hydrogen-bond acceptors (Lipinski definition) is 4. The number of halogens is 1. The first-order chi connectivity index (χ1) is 8.61. The van der Waals surface area contributed by atoms with Gasteiger partial charge in [-0.1, -0.05) is 0 Å². The highest BCUT2D eigenvalue weighted by atomic mass is 79.9. The summed E-state index contributed by atoms with van der Waals surface area (Å²) in [6.07, 6.45) is 3.44. The summed E-state index contributed by atoms with van der Waals surface area (Å²) in [6.45, 7) is 0.285. The molecule has 0 atom stereocenters. The Hall–Kier alpha value is -1.69. The van der Waals surface area contributed by atoms with Gasteiger partial charge in [0, 0.05) is 31.0 Å². The molecule has 1 N–H and O–H groups in total. The molecule has 0 saturated heterocycles. The Balaban J connectivity index is 2.41. The zero-order chi connectivity index (χ0) is 13.1. The van der Waals surface area contributed by atoms with Gasteiger partial charge in [0.1, 0.15) is 5.52 Å². The van der Waals surface area contributed by atoms with Crippen molar-refractivity contribution in [3.05, 3.63) is 29.0 Å². The molecule has 0 aliphatic rings. The predicted octanol–water partition coefficient (Wildman–Crippen LogP) is 1.57. The molecular weight excluding hydrogens is 296 g/mol. The van der Waals surface area contributed by atoms with Crippen molar-refractivity contribution in [2.75, 3.05) is 25.5 Å². The number of nitrogens with zero attached hydrogens (tertiary/aromatic N) is 3. The number of aromatic nitrogens is 2. The highest BCUT2D eigenvalue weighted by Gasteiger charge is 2.10. The smallest absolute Gasteiger partial charge is 0.239 e. The molecule has 0 fully saturated rings. The third-order valence-corrected chi connectivity index (χ3v) is 3.03. The number of fused-ring (bicyclic) bond motifs is 1. The van der Waals surface area contributed by atoms with Gasteiger partial charge in [-0.2, -0.15) is 0 Å². The van der Waals surface area contributed by atoms with Crippen LogP contribution >= 0.6 is 15.9 Å². The van der Waals surface area contributed by atoms with Crippen LogP contribution in [0, 0.1) is 0 Å². The Morgan fingerprint density at radius 3 is 3.00 bits per heavy atom. The summed E-state index contributed by atoms with van der Waals surface area (Å²) in [5.74, 6) is -0.0421. The second kappa shape index (κ2) is 5.30. The van der Waals surface area contributed by atoms with E-state index in [4.69, 9.17) is 0 Å². The average molecular weight is 309 g/mol. The van der Waals surface area contributed by atoms with Crippen LogP contribution < -0.4 is 10.2 Å². The van der Waals surface area contributed by atoms with Crippen LogP contribution in [0.4, 0.5) is 5.69 Å². The molecule has 2 aromatic heterocycles. The van der Waals surface area contributed by atoms with Crippen molar-refractivity contribution >= 4 is 38.6 Å². The maximum absolute atomic E-state index is 11.4. The lowest BCUT2D eigenvalue weighted by atomic mass is 10.2. The van der Waals surface area contributed by atoms with Crippen molar-refractivity contribution < 1.29 is 4.79 Å². The van der Waals surface area contributed by atoms with E-state index in [0.29, 0.717) is 0 Å². The third kappa shape index (κ3) is 2.59. The molecule has 0 aliphatic heterocycles. The van der Waals surface area contributed by atoms with Gasteiger partial charge in [-0.25, -0.2) is 0 Å². The first-order valence-electron chi connectivity index (χ1n) is 5.44. The number of nitrogens with one attached hydrogen (secondary N) is 1. The minimum absolute atomic E-state index is 0.0421. The van der Waals surface area contributed by atoms with E-state index >= 15 is 0 Å². The van der Waals surface area contributed by atoms with Gasteiger partial charge >= 0.3 is 0 Å². The van der Waals surface area contributed by atoms with Gasteiger partial charge in [-0.3, -0.25) is 14.8 Å². The van der Waals surface area contributed by atoms with E-state index in [2.05, 4.69) is 31.2 Å². The van der Waals surface area contributed by atoms with Gasteiger partial charge in [0.25, 0.3) is 0 Å². The first kappa shape index (κ1) is 12.8. The zero-order valence-corrected chi connectivity index (χ0v) is 11.7. The summed E-state index contributed by atoms with van der Waals surface area (Å²) in [5, 5.41) is 2.60. The average Bonchev–Trinajstić information content (AvgIpc) is 2.37. The summed E-state index contributed by atoms with van der Waals surface area (Å²) >= 11 is 3.37. The van der Waals surface area contributed by atoms with E-state index < -0.39 is 0 Å². The van der Waals surface area contributed by atoms with Gasteiger partial charge in [-0.05, 0) is 28.1 Å². The first-order valence-corrected chi connectivity index (χ1v) is 6.23. The minimum atomic E-state index is -0.0421. The second-order valence-corrected chi connectivity index (χ2v) is 4.80. The van der Waals surface area contributed by atoms with Crippen molar-refractivity contribution in [2.24, 2.45) is 0 Å². The van der Waals surface area contributed by atoms with Crippen molar-refractivity contribution in [2.45, 2.75) is 0 Å². The van der Waals surface area contributed by atoms with Gasteiger partial charge < -0.3 is 10.2 Å². The van der Waals surface area contributed by atoms with E-state index in [1.165, 1.54) is 0 Å². The van der Waals surface area contributed by atoms with Gasteiger partial charge in [0.2, 0.25) is 5.91 Å². The van der Waals surface area contributed by atoms with Crippen LogP contribution in [0.5, 0.6) is 0 Å². The molecular formula is C12H13BrN4O. The molecule has 2 rings (SSSR count). The highest BCUT2D eigenvalue weighted by molar-refractivity contribution is 9.10. The predicted molar refractivity (Wildman–Crippen MR) is 74.6 cm³/mol. The monoisotopic (exact) mass is 308 g/mol. The molecule has 0 radical (unpaired) electrons. The van der Waals surface area contributed by atoms with Crippen LogP contribution in [0.1, 0.15) is 0 Å². The standard InChI is InChI=1S/C12H13BrN4O/c1-14-11(18)7-17(2)10-3-4-15-9-5-8(13)6-16-12(9)10/h3-6H,7H2,1-2H3,(H,14,18). The Morgan fingerprint density at radius 2 is 2.28 bits per heavy atom. The molecule has 2 heterocycles. The van der Waals surface area contributed by atoms with Gasteiger partial charge in [-0.15, -0.1) is 0 Å². The van der Waals surface area contributed by atoms with Crippen LogP contribution in [-0.2, 0) is 4.79 Å². The second-order valence-electron chi connectivity index (χ2n) is 3.88. The number of anilines is 1. The van der Waals surface area contributed by atoms with Crippen molar-refractivity contribution in [3.63, 3.8) is 0 Å². The van der Waals surface area contributed by atoms with Crippen LogP contribution in [0.15, 0.2) is 29.0 Å². The number of rotatable bonds is 3. The summed E-state index contributed by atoms with van der Waals surface area (Å²) in [7, 11) is 3.48. The Labute approximate surface area is 113 Å². The summed E-state index contributed by atoms with van der Waals surface area (Å²) in [6, 6.07) is 3.76. The van der Waals surface area contributed by atoms with Crippen molar-refractivity contribution in [3.8, 4) is 0 Å². The quantitative estimate of drug-likeness (QED) is 0.935. The summed E-state index contributed by atoms with van der Waals surface area (Å²) in [4.78, 5) is 21.9. The lowest BCUT2D eigenvalue weighted by Gasteiger charge is -2.19. The Bertz CT molecular complexity index is 587. The fourth-order valence-corrected chi connectivity index (χ4v) is 2.00. The summed E-state index contributed by atoms with van der Waals surface area (Å²) in [5.41, 5.74) is 2.47. The Kier molecular flexibility index (Phi) is 3.76. The fourth-order valence-electron chi connectivity index (χ4n) is 1.68. The third-order valence-electron chi connectivity index (χ3n) is 2.59. The number of pyridine rings is 2. The molecule has 0 unspecified atom stereocenters. The van der Waals surface area contributed by atoms with E-state index in [1.54, 1.807) is 19.4 Å². The largest absolute Gasteiger partial charge is 0.363 e. The minimum Gasteiger partial charge on any atom is -0.363 e. The van der Waals surface area contributed by atoms with Crippen LogP contribution in [0.2, 0.25) is 0 Å². The fraction of sp³-hybridized carbons (Fsp3) is 0.250. The molecule has 5 nitrogen and oxygen atoms in total. The number of carbonyl (C=O) groups excluding carboxylic acids is 1. The molecule has 0 spiro atoms. The topological polar surface area (TPSA) is 58.1 Å². The molecule has 94 valence electrons. The number of hydrogen-bond donors (Lipinski definition) is 1. The molecule has 18 heavy (non-hydrogen) atoms. The normalized spacial score (nSPS) is 10.4. The van der Waals surface area contributed by atoms with E-state index in [0.717, 1.165) is 21.2 Å². The number of amides is 1. The van der Waals surface area contributed by atoms with Gasteiger partial charge in [0.15, 0.2) is 0 Å². The highest BCUT2D eigenvalue weighted by Crippen LogP contribution is 2.24. The van der Waals surface area contributed by atoms with Gasteiger partial charge in [0.05, 0.1) is 17.7 Å². The molecule has 0 bridgehead atoms. The molecule has 0 saturated carbocycles. The maximum Gasteiger partial charge on any atom is 0.239 e. The zero-order valence-electron chi connectivity index (χ0n) is 10.1. The molecule has 2 aromatic rings.